The molecule has 0 atom stereocenters. The second-order valence-electron chi connectivity index (χ2n) is 6.21. The summed E-state index contributed by atoms with van der Waals surface area (Å²) in [6.07, 6.45) is 3.22. The van der Waals surface area contributed by atoms with Crippen LogP contribution in [0.2, 0.25) is 0 Å². The molecule has 0 aliphatic heterocycles. The first-order chi connectivity index (χ1) is 7.91. The first-order valence-corrected chi connectivity index (χ1v) is 6.95. The quantitative estimate of drug-likeness (QED) is 0.590. The summed E-state index contributed by atoms with van der Waals surface area (Å²) in [6.45, 7) is 20.8. The fraction of sp³-hybridized carbons (Fsp3) is 0.867. The molecule has 2 nitrogen and oxygen atoms in total. The zero-order valence-electron chi connectivity index (χ0n) is 12.6. The molecular formula is C15H32N2. The smallest absolute Gasteiger partial charge is 0.0160 e. The van der Waals surface area contributed by atoms with Crippen molar-refractivity contribution in [2.24, 2.45) is 11.3 Å². The van der Waals surface area contributed by atoms with Crippen LogP contribution in [0.15, 0.2) is 12.7 Å². The molecule has 0 aromatic rings. The van der Waals surface area contributed by atoms with E-state index in [4.69, 9.17) is 0 Å². The van der Waals surface area contributed by atoms with E-state index >= 15 is 0 Å². The van der Waals surface area contributed by atoms with Crippen molar-refractivity contribution in [1.82, 2.24) is 10.2 Å². The number of hydrogen-bond donors (Lipinski definition) is 1. The van der Waals surface area contributed by atoms with Crippen molar-refractivity contribution in [3.8, 4) is 0 Å². The van der Waals surface area contributed by atoms with Gasteiger partial charge in [-0.05, 0) is 30.8 Å². The molecule has 17 heavy (non-hydrogen) atoms. The van der Waals surface area contributed by atoms with Crippen molar-refractivity contribution in [3.05, 3.63) is 12.7 Å². The van der Waals surface area contributed by atoms with E-state index in [1.54, 1.807) is 0 Å². The summed E-state index contributed by atoms with van der Waals surface area (Å²) in [5.74, 6) is 0.728. The number of rotatable bonds is 10. The molecule has 0 radical (unpaired) electrons. The summed E-state index contributed by atoms with van der Waals surface area (Å²) in [7, 11) is 0. The van der Waals surface area contributed by atoms with Gasteiger partial charge in [0, 0.05) is 19.6 Å². The van der Waals surface area contributed by atoms with Gasteiger partial charge in [0.2, 0.25) is 0 Å². The molecule has 0 bridgehead atoms. The van der Waals surface area contributed by atoms with Crippen molar-refractivity contribution in [1.29, 1.82) is 0 Å². The Morgan fingerprint density at radius 3 is 2.47 bits per heavy atom. The number of nitrogens with one attached hydrogen (secondary N) is 1. The summed E-state index contributed by atoms with van der Waals surface area (Å²) in [6, 6.07) is 0. The normalized spacial score (nSPS) is 12.4. The van der Waals surface area contributed by atoms with Crippen LogP contribution in [0, 0.1) is 11.3 Å². The summed E-state index contributed by atoms with van der Waals surface area (Å²) < 4.78 is 0. The van der Waals surface area contributed by atoms with E-state index in [2.05, 4.69) is 51.4 Å². The van der Waals surface area contributed by atoms with Crippen molar-refractivity contribution >= 4 is 0 Å². The summed E-state index contributed by atoms with van der Waals surface area (Å²) >= 11 is 0. The molecule has 0 aliphatic carbocycles. The van der Waals surface area contributed by atoms with Crippen molar-refractivity contribution in [3.63, 3.8) is 0 Å². The van der Waals surface area contributed by atoms with E-state index in [1.165, 1.54) is 13.0 Å². The lowest BCUT2D eigenvalue weighted by atomic mass is 9.92. The number of nitrogens with zero attached hydrogens (tertiary/aromatic N) is 1. The van der Waals surface area contributed by atoms with Crippen LogP contribution in [0.25, 0.3) is 0 Å². The van der Waals surface area contributed by atoms with Gasteiger partial charge in [-0.1, -0.05) is 40.7 Å². The zero-order chi connectivity index (χ0) is 13.3. The predicted octanol–water partition coefficient (Wildman–Crippen LogP) is 3.16. The van der Waals surface area contributed by atoms with E-state index in [1.807, 2.05) is 6.08 Å². The van der Waals surface area contributed by atoms with Gasteiger partial charge in [-0.25, -0.2) is 0 Å². The average molecular weight is 240 g/mol. The van der Waals surface area contributed by atoms with E-state index in [9.17, 15) is 0 Å². The van der Waals surface area contributed by atoms with Crippen molar-refractivity contribution in [2.45, 2.75) is 41.0 Å². The first kappa shape index (κ1) is 16.7. The van der Waals surface area contributed by atoms with E-state index in [0.29, 0.717) is 5.41 Å². The summed E-state index contributed by atoms with van der Waals surface area (Å²) in [4.78, 5) is 2.49. The molecule has 0 saturated heterocycles. The van der Waals surface area contributed by atoms with Gasteiger partial charge in [0.15, 0.2) is 0 Å². The lowest BCUT2D eigenvalue weighted by molar-refractivity contribution is 0.187. The van der Waals surface area contributed by atoms with Crippen molar-refractivity contribution < 1.29 is 0 Å². The largest absolute Gasteiger partial charge is 0.316 e. The highest BCUT2D eigenvalue weighted by Crippen LogP contribution is 2.16. The third-order valence-corrected chi connectivity index (χ3v) is 2.73. The molecule has 0 heterocycles. The standard InChI is InChI=1S/C15H32N2/c1-7-9-17(10-8-2)13-15(5,6)12-16-11-14(3)4/h7,14,16H,1,8-13H2,2-6H3. The Hall–Kier alpha value is -0.340. The Morgan fingerprint density at radius 2 is 2.00 bits per heavy atom. The molecule has 2 heteroatoms. The minimum absolute atomic E-state index is 0.326. The molecule has 0 amide bonds. The molecule has 0 spiro atoms. The maximum Gasteiger partial charge on any atom is 0.0160 e. The van der Waals surface area contributed by atoms with Crippen LogP contribution in [0.5, 0.6) is 0 Å². The maximum atomic E-state index is 3.84. The fourth-order valence-corrected chi connectivity index (χ4v) is 2.09. The van der Waals surface area contributed by atoms with Crippen molar-refractivity contribution in [2.75, 3.05) is 32.7 Å². The molecule has 0 aromatic heterocycles. The molecule has 0 fully saturated rings. The van der Waals surface area contributed by atoms with E-state index in [0.717, 1.165) is 32.1 Å². The molecule has 0 unspecified atom stereocenters. The molecule has 1 N–H and O–H groups in total. The maximum absolute atomic E-state index is 3.84. The molecule has 0 aromatic carbocycles. The van der Waals surface area contributed by atoms with Crippen LogP contribution in [-0.2, 0) is 0 Å². The van der Waals surface area contributed by atoms with Crippen LogP contribution in [-0.4, -0.2) is 37.6 Å². The zero-order valence-corrected chi connectivity index (χ0v) is 12.6. The van der Waals surface area contributed by atoms with Crippen LogP contribution in [0.1, 0.15) is 41.0 Å². The van der Waals surface area contributed by atoms with Gasteiger partial charge in [0.25, 0.3) is 0 Å². The third-order valence-electron chi connectivity index (χ3n) is 2.73. The minimum atomic E-state index is 0.326. The van der Waals surface area contributed by atoms with Gasteiger partial charge < -0.3 is 5.32 Å². The highest BCUT2D eigenvalue weighted by Gasteiger charge is 2.20. The van der Waals surface area contributed by atoms with Gasteiger partial charge in [0.1, 0.15) is 0 Å². The second-order valence-corrected chi connectivity index (χ2v) is 6.21. The Kier molecular flexibility index (Phi) is 8.53. The minimum Gasteiger partial charge on any atom is -0.316 e. The Labute approximate surface area is 108 Å². The van der Waals surface area contributed by atoms with Crippen LogP contribution >= 0.6 is 0 Å². The highest BCUT2D eigenvalue weighted by atomic mass is 15.1. The molecule has 0 rings (SSSR count). The third kappa shape index (κ3) is 9.37. The topological polar surface area (TPSA) is 15.3 Å². The van der Waals surface area contributed by atoms with Crippen LogP contribution in [0.4, 0.5) is 0 Å². The molecule has 0 aliphatic rings. The number of hydrogen-bond acceptors (Lipinski definition) is 2. The Balaban J connectivity index is 4.04. The lowest BCUT2D eigenvalue weighted by Crippen LogP contribution is -2.41. The van der Waals surface area contributed by atoms with E-state index < -0.39 is 0 Å². The molecule has 0 saturated carbocycles. The highest BCUT2D eigenvalue weighted by molar-refractivity contribution is 4.80. The molecule has 102 valence electrons. The molecular weight excluding hydrogens is 208 g/mol. The average Bonchev–Trinajstić information content (AvgIpc) is 2.16. The fourth-order valence-electron chi connectivity index (χ4n) is 2.09. The van der Waals surface area contributed by atoms with Gasteiger partial charge in [-0.15, -0.1) is 6.58 Å². The van der Waals surface area contributed by atoms with Gasteiger partial charge >= 0.3 is 0 Å². The van der Waals surface area contributed by atoms with Gasteiger partial charge in [0.05, 0.1) is 0 Å². The lowest BCUT2D eigenvalue weighted by Gasteiger charge is -2.32. The van der Waals surface area contributed by atoms with Crippen LogP contribution < -0.4 is 5.32 Å². The van der Waals surface area contributed by atoms with Gasteiger partial charge in [-0.3, -0.25) is 4.90 Å². The second kappa shape index (κ2) is 8.71. The van der Waals surface area contributed by atoms with E-state index in [-0.39, 0.29) is 0 Å². The Morgan fingerprint density at radius 1 is 1.35 bits per heavy atom. The van der Waals surface area contributed by atoms with Crippen LogP contribution in [0.3, 0.4) is 0 Å². The summed E-state index contributed by atoms with van der Waals surface area (Å²) in [5.41, 5.74) is 0.326. The van der Waals surface area contributed by atoms with Gasteiger partial charge in [-0.2, -0.15) is 0 Å². The monoisotopic (exact) mass is 240 g/mol. The predicted molar refractivity (Wildman–Crippen MR) is 78.4 cm³/mol. The SMILES string of the molecule is C=CCN(CCC)CC(C)(C)CNCC(C)C. The summed E-state index contributed by atoms with van der Waals surface area (Å²) in [5, 5.41) is 3.56. The first-order valence-electron chi connectivity index (χ1n) is 6.95. The Bertz CT molecular complexity index is 197.